The third-order valence-corrected chi connectivity index (χ3v) is 6.03. The fourth-order valence-corrected chi connectivity index (χ4v) is 4.48. The number of aromatic hydroxyl groups is 1. The molecule has 0 amide bonds. The molecule has 4 rings (SSSR count). The molecule has 0 aromatic heterocycles. The molecule has 3 atom stereocenters. The predicted octanol–water partition coefficient (Wildman–Crippen LogP) is 5.18. The van der Waals surface area contributed by atoms with Crippen LogP contribution in [-0.4, -0.2) is 23.9 Å². The number of ether oxygens (including phenoxy) is 2. The Morgan fingerprint density at radius 2 is 1.93 bits per heavy atom. The number of aliphatic hydroxyl groups excluding tert-OH is 1. The molecule has 0 saturated heterocycles. The Bertz CT molecular complexity index is 957. The van der Waals surface area contributed by atoms with Crippen molar-refractivity contribution in [2.24, 2.45) is 11.8 Å². The molecule has 0 spiro atoms. The van der Waals surface area contributed by atoms with E-state index < -0.39 is 0 Å². The molecule has 1 aliphatic carbocycles. The Kier molecular flexibility index (Phi) is 4.80. The first kappa shape index (κ1) is 18.5. The zero-order valence-electron chi connectivity index (χ0n) is 16.5. The van der Waals surface area contributed by atoms with Crippen molar-refractivity contribution in [2.75, 3.05) is 13.7 Å². The first-order chi connectivity index (χ1) is 13.5. The van der Waals surface area contributed by atoms with Crippen molar-refractivity contribution in [3.8, 4) is 17.2 Å². The van der Waals surface area contributed by atoms with Gasteiger partial charge in [-0.1, -0.05) is 24.3 Å². The number of allylic oxidation sites excluding steroid dienone is 3. The molecule has 1 aliphatic heterocycles. The maximum atomic E-state index is 10.1. The number of hydrogen-bond donors (Lipinski definition) is 2. The highest BCUT2D eigenvalue weighted by Crippen LogP contribution is 2.49. The van der Waals surface area contributed by atoms with Gasteiger partial charge in [-0.05, 0) is 61.6 Å². The van der Waals surface area contributed by atoms with Crippen molar-refractivity contribution < 1.29 is 19.7 Å². The first-order valence-electron chi connectivity index (χ1n) is 9.66. The standard InChI is InChI=1S/C24H26O4/c1-14-12-17(6-11-22(14)27-3)23-19-9-10-21(26)15(2)24(19)28-13-20(23)16-4-7-18(25)8-5-16/h4,6-12,16,20,23,25-26H,5,13H2,1-3H3/t16?,20-,23-/m1/s1. The zero-order valence-corrected chi connectivity index (χ0v) is 16.5. The largest absolute Gasteiger partial charge is 0.508 e. The molecule has 4 heteroatoms. The minimum Gasteiger partial charge on any atom is -0.508 e. The summed E-state index contributed by atoms with van der Waals surface area (Å²) in [6.07, 6.45) is 6.53. The molecule has 2 N–H and O–H groups in total. The average Bonchev–Trinajstić information content (AvgIpc) is 2.70. The normalized spacial score (nSPS) is 23.5. The number of phenols is 1. The number of benzene rings is 2. The second-order valence-corrected chi connectivity index (χ2v) is 7.70. The van der Waals surface area contributed by atoms with Gasteiger partial charge in [-0.15, -0.1) is 0 Å². The molecular weight excluding hydrogens is 352 g/mol. The van der Waals surface area contributed by atoms with E-state index in [1.54, 1.807) is 19.3 Å². The third kappa shape index (κ3) is 3.13. The summed E-state index contributed by atoms with van der Waals surface area (Å²) in [6, 6.07) is 10.1. The second-order valence-electron chi connectivity index (χ2n) is 7.70. The Labute approximate surface area is 165 Å². The SMILES string of the molecule is COc1ccc([C@@H]2c3ccc(O)c(C)c3OC[C@@H]2C2C=CC(O)=CC2)cc1C. The molecule has 0 fully saturated rings. The van der Waals surface area contributed by atoms with Crippen LogP contribution >= 0.6 is 0 Å². The molecule has 2 aromatic rings. The molecule has 0 bridgehead atoms. The van der Waals surface area contributed by atoms with Crippen molar-refractivity contribution in [3.05, 3.63) is 76.6 Å². The average molecular weight is 378 g/mol. The molecule has 1 unspecified atom stereocenters. The van der Waals surface area contributed by atoms with E-state index in [0.717, 1.165) is 34.6 Å². The number of fused-ring (bicyclic) bond motifs is 1. The summed E-state index contributed by atoms with van der Waals surface area (Å²) in [5.74, 6) is 2.87. The fraction of sp³-hybridized carbons (Fsp3) is 0.333. The summed E-state index contributed by atoms with van der Waals surface area (Å²) in [4.78, 5) is 0. The topological polar surface area (TPSA) is 58.9 Å². The number of rotatable bonds is 3. The fourth-order valence-electron chi connectivity index (χ4n) is 4.48. The van der Waals surface area contributed by atoms with E-state index in [1.165, 1.54) is 5.56 Å². The molecule has 146 valence electrons. The van der Waals surface area contributed by atoms with Crippen LogP contribution in [0.4, 0.5) is 0 Å². The highest BCUT2D eigenvalue weighted by atomic mass is 16.5. The van der Waals surface area contributed by atoms with Crippen LogP contribution in [0.15, 0.2) is 54.3 Å². The van der Waals surface area contributed by atoms with Gasteiger partial charge in [0.25, 0.3) is 0 Å². The molecule has 1 heterocycles. The van der Waals surface area contributed by atoms with Crippen molar-refractivity contribution in [3.63, 3.8) is 0 Å². The minimum atomic E-state index is 0.135. The zero-order chi connectivity index (χ0) is 19.8. The maximum absolute atomic E-state index is 10.1. The van der Waals surface area contributed by atoms with E-state index in [4.69, 9.17) is 9.47 Å². The first-order valence-corrected chi connectivity index (χ1v) is 9.66. The summed E-state index contributed by atoms with van der Waals surface area (Å²) in [5, 5.41) is 19.9. The van der Waals surface area contributed by atoms with Crippen LogP contribution in [0.3, 0.4) is 0 Å². The lowest BCUT2D eigenvalue weighted by Gasteiger charge is -2.39. The highest BCUT2D eigenvalue weighted by Gasteiger charge is 2.37. The highest BCUT2D eigenvalue weighted by molar-refractivity contribution is 5.54. The Hall–Kier alpha value is -2.88. The van der Waals surface area contributed by atoms with Gasteiger partial charge in [0.2, 0.25) is 0 Å². The van der Waals surface area contributed by atoms with Gasteiger partial charge in [0.15, 0.2) is 0 Å². The van der Waals surface area contributed by atoms with E-state index in [1.807, 2.05) is 25.1 Å². The molecule has 28 heavy (non-hydrogen) atoms. The van der Waals surface area contributed by atoms with Gasteiger partial charge in [0.1, 0.15) is 23.0 Å². The molecule has 0 radical (unpaired) electrons. The van der Waals surface area contributed by atoms with Crippen LogP contribution in [0.1, 0.15) is 34.6 Å². The van der Waals surface area contributed by atoms with E-state index in [2.05, 4.69) is 25.1 Å². The smallest absolute Gasteiger partial charge is 0.129 e. The maximum Gasteiger partial charge on any atom is 0.129 e. The van der Waals surface area contributed by atoms with E-state index >= 15 is 0 Å². The Balaban J connectivity index is 1.82. The third-order valence-electron chi connectivity index (χ3n) is 6.03. The van der Waals surface area contributed by atoms with Crippen LogP contribution in [-0.2, 0) is 0 Å². The summed E-state index contributed by atoms with van der Waals surface area (Å²) in [7, 11) is 1.69. The van der Waals surface area contributed by atoms with Gasteiger partial charge in [-0.2, -0.15) is 0 Å². The van der Waals surface area contributed by atoms with E-state index in [9.17, 15) is 10.2 Å². The number of hydrogen-bond acceptors (Lipinski definition) is 4. The van der Waals surface area contributed by atoms with Gasteiger partial charge in [0, 0.05) is 23.0 Å². The van der Waals surface area contributed by atoms with Crippen molar-refractivity contribution in [2.45, 2.75) is 26.2 Å². The predicted molar refractivity (Wildman–Crippen MR) is 109 cm³/mol. The minimum absolute atomic E-state index is 0.135. The Morgan fingerprint density at radius 3 is 2.61 bits per heavy atom. The van der Waals surface area contributed by atoms with Crippen LogP contribution in [0.2, 0.25) is 0 Å². The summed E-state index contributed by atoms with van der Waals surface area (Å²) < 4.78 is 11.6. The molecule has 0 saturated carbocycles. The van der Waals surface area contributed by atoms with Crippen molar-refractivity contribution in [1.29, 1.82) is 0 Å². The number of aryl methyl sites for hydroxylation is 1. The van der Waals surface area contributed by atoms with Gasteiger partial charge in [-0.3, -0.25) is 0 Å². The lowest BCUT2D eigenvalue weighted by molar-refractivity contribution is 0.168. The van der Waals surface area contributed by atoms with Gasteiger partial charge in [-0.25, -0.2) is 0 Å². The lowest BCUT2D eigenvalue weighted by Crippen LogP contribution is -2.33. The molecule has 2 aromatic carbocycles. The van der Waals surface area contributed by atoms with E-state index in [0.29, 0.717) is 12.4 Å². The van der Waals surface area contributed by atoms with Gasteiger partial charge < -0.3 is 19.7 Å². The number of methoxy groups -OCH3 is 1. The summed E-state index contributed by atoms with van der Waals surface area (Å²) in [6.45, 7) is 4.52. The van der Waals surface area contributed by atoms with Crippen LogP contribution in [0.5, 0.6) is 17.2 Å². The molecular formula is C24H26O4. The second kappa shape index (κ2) is 7.27. The van der Waals surface area contributed by atoms with Crippen LogP contribution in [0, 0.1) is 25.7 Å². The Morgan fingerprint density at radius 1 is 1.11 bits per heavy atom. The van der Waals surface area contributed by atoms with Crippen molar-refractivity contribution >= 4 is 0 Å². The number of phenolic OH excluding ortho intramolecular Hbond substituents is 1. The number of aliphatic hydroxyl groups is 1. The summed E-state index contributed by atoms with van der Waals surface area (Å²) >= 11 is 0. The van der Waals surface area contributed by atoms with Crippen LogP contribution < -0.4 is 9.47 Å². The van der Waals surface area contributed by atoms with E-state index in [-0.39, 0.29) is 23.5 Å². The lowest BCUT2D eigenvalue weighted by atomic mass is 9.71. The van der Waals surface area contributed by atoms with Crippen LogP contribution in [0.25, 0.3) is 0 Å². The van der Waals surface area contributed by atoms with Crippen molar-refractivity contribution in [1.82, 2.24) is 0 Å². The van der Waals surface area contributed by atoms with Gasteiger partial charge >= 0.3 is 0 Å². The molecule has 4 nitrogen and oxygen atoms in total. The monoisotopic (exact) mass is 378 g/mol. The molecule has 2 aliphatic rings. The van der Waals surface area contributed by atoms with Gasteiger partial charge in [0.05, 0.1) is 13.7 Å². The summed E-state index contributed by atoms with van der Waals surface area (Å²) in [5.41, 5.74) is 4.19. The quantitative estimate of drug-likeness (QED) is 0.773.